The predicted octanol–water partition coefficient (Wildman–Crippen LogP) is 2.98. The second-order valence-corrected chi connectivity index (χ2v) is 6.48. The van der Waals surface area contributed by atoms with Crippen LogP contribution in [-0.4, -0.2) is 34.8 Å². The van der Waals surface area contributed by atoms with E-state index < -0.39 is 5.97 Å². The van der Waals surface area contributed by atoms with Gasteiger partial charge in [0, 0.05) is 16.6 Å². The number of hydrogen-bond acceptors (Lipinski definition) is 4. The maximum Gasteiger partial charge on any atom is 0.351 e. The van der Waals surface area contributed by atoms with Gasteiger partial charge >= 0.3 is 5.97 Å². The highest BCUT2D eigenvalue weighted by Crippen LogP contribution is 2.32. The zero-order valence-electron chi connectivity index (χ0n) is 13.0. The topological polar surface area (TPSA) is 70.0 Å². The monoisotopic (exact) mass is 318 g/mol. The second-order valence-electron chi connectivity index (χ2n) is 5.22. The highest BCUT2D eigenvalue weighted by atomic mass is 32.1. The maximum absolute atomic E-state index is 12.3. The van der Waals surface area contributed by atoms with Gasteiger partial charge in [0.05, 0.1) is 6.42 Å². The van der Waals surface area contributed by atoms with Crippen LogP contribution in [0.2, 0.25) is 0 Å². The Hall–Kier alpha value is -2.21. The molecule has 1 N–H and O–H groups in total. The number of aliphatic carboxylic acids is 1. The first kappa shape index (κ1) is 16.2. The van der Waals surface area contributed by atoms with Crippen molar-refractivity contribution in [3.63, 3.8) is 0 Å². The van der Waals surface area contributed by atoms with E-state index in [4.69, 9.17) is 5.11 Å². The lowest BCUT2D eigenvalue weighted by Gasteiger charge is -2.12. The minimum Gasteiger partial charge on any atom is -0.477 e. The van der Waals surface area contributed by atoms with E-state index in [9.17, 15) is 9.59 Å². The predicted molar refractivity (Wildman–Crippen MR) is 88.5 cm³/mol. The van der Waals surface area contributed by atoms with Crippen LogP contribution in [-0.2, 0) is 16.0 Å². The second kappa shape index (κ2) is 6.27. The zero-order valence-corrected chi connectivity index (χ0v) is 13.8. The van der Waals surface area contributed by atoms with Crippen molar-refractivity contribution in [2.24, 2.45) is 5.10 Å². The Labute approximate surface area is 132 Å². The molecule has 0 radical (unpaired) electrons. The fourth-order valence-corrected chi connectivity index (χ4v) is 3.26. The summed E-state index contributed by atoms with van der Waals surface area (Å²) >= 11 is 1.66. The van der Waals surface area contributed by atoms with Crippen LogP contribution in [0.4, 0.5) is 0 Å². The molecule has 1 aromatic heterocycles. The lowest BCUT2D eigenvalue weighted by molar-refractivity contribution is -0.130. The number of amides is 1. The average molecular weight is 318 g/mol. The van der Waals surface area contributed by atoms with Crippen LogP contribution in [0.1, 0.15) is 22.9 Å². The Balaban J connectivity index is 2.29. The van der Waals surface area contributed by atoms with Crippen molar-refractivity contribution in [3.8, 4) is 0 Å². The summed E-state index contributed by atoms with van der Waals surface area (Å²) in [6.45, 7) is 5.37. The van der Waals surface area contributed by atoms with Crippen molar-refractivity contribution in [1.29, 1.82) is 0 Å². The van der Waals surface area contributed by atoms with E-state index in [-0.39, 0.29) is 18.0 Å². The van der Waals surface area contributed by atoms with E-state index in [0.29, 0.717) is 0 Å². The van der Waals surface area contributed by atoms with Gasteiger partial charge < -0.3 is 5.11 Å². The SMILES string of the molecule is CC(=NN(C)C(=O)Cc1c(C)sc2ccc(C)cc12)C(=O)O. The minimum atomic E-state index is -1.13. The lowest BCUT2D eigenvalue weighted by atomic mass is 10.1. The van der Waals surface area contributed by atoms with E-state index in [2.05, 4.69) is 23.3 Å². The summed E-state index contributed by atoms with van der Waals surface area (Å²) < 4.78 is 1.15. The molecule has 0 saturated carbocycles. The number of hydrazone groups is 1. The molecule has 0 saturated heterocycles. The molecule has 5 nitrogen and oxygen atoms in total. The summed E-state index contributed by atoms with van der Waals surface area (Å²) in [5, 5.41) is 14.8. The third-order valence-corrected chi connectivity index (χ3v) is 4.58. The first-order chi connectivity index (χ1) is 10.3. The van der Waals surface area contributed by atoms with E-state index in [1.165, 1.54) is 14.0 Å². The smallest absolute Gasteiger partial charge is 0.351 e. The molecule has 2 aromatic rings. The quantitative estimate of drug-likeness (QED) is 0.696. The molecule has 6 heteroatoms. The lowest BCUT2D eigenvalue weighted by Crippen LogP contribution is -2.26. The Kier molecular flexibility index (Phi) is 4.61. The van der Waals surface area contributed by atoms with E-state index in [1.807, 2.05) is 13.8 Å². The molecule has 0 fully saturated rings. The van der Waals surface area contributed by atoms with Crippen molar-refractivity contribution < 1.29 is 14.7 Å². The maximum atomic E-state index is 12.3. The fourth-order valence-electron chi connectivity index (χ4n) is 2.19. The molecule has 22 heavy (non-hydrogen) atoms. The fraction of sp³-hybridized carbons (Fsp3) is 0.312. The number of likely N-dealkylation sites (N-methyl/N-ethyl adjacent to an activating group) is 1. The van der Waals surface area contributed by atoms with Gasteiger partial charge in [0.25, 0.3) is 0 Å². The van der Waals surface area contributed by atoms with Gasteiger partial charge in [0.2, 0.25) is 5.91 Å². The number of aryl methyl sites for hydroxylation is 2. The van der Waals surface area contributed by atoms with Gasteiger partial charge in [-0.15, -0.1) is 11.3 Å². The zero-order chi connectivity index (χ0) is 16.4. The number of benzene rings is 1. The van der Waals surface area contributed by atoms with Gasteiger partial charge in [0.15, 0.2) is 0 Å². The highest BCUT2D eigenvalue weighted by molar-refractivity contribution is 7.19. The Morgan fingerprint density at radius 2 is 2.00 bits per heavy atom. The molecule has 2 rings (SSSR count). The summed E-state index contributed by atoms with van der Waals surface area (Å²) in [5.41, 5.74) is 2.02. The van der Waals surface area contributed by atoms with Crippen LogP contribution in [0.15, 0.2) is 23.3 Å². The average Bonchev–Trinajstić information content (AvgIpc) is 2.74. The van der Waals surface area contributed by atoms with Crippen LogP contribution in [0, 0.1) is 13.8 Å². The number of carboxylic acid groups (broad SMARTS) is 1. The molecule has 1 aromatic carbocycles. The third kappa shape index (κ3) is 3.33. The van der Waals surface area contributed by atoms with E-state index in [0.717, 1.165) is 31.1 Å². The summed E-state index contributed by atoms with van der Waals surface area (Å²) in [6, 6.07) is 6.19. The van der Waals surface area contributed by atoms with Crippen molar-refractivity contribution in [2.75, 3.05) is 7.05 Å². The van der Waals surface area contributed by atoms with Crippen LogP contribution in [0.3, 0.4) is 0 Å². The first-order valence-corrected chi connectivity index (χ1v) is 7.65. The molecule has 116 valence electrons. The van der Waals surface area contributed by atoms with Crippen molar-refractivity contribution in [2.45, 2.75) is 27.2 Å². The minimum absolute atomic E-state index is 0.112. The Morgan fingerprint density at radius 3 is 2.64 bits per heavy atom. The van der Waals surface area contributed by atoms with Gasteiger partial charge in [-0.2, -0.15) is 5.10 Å². The summed E-state index contributed by atoms with van der Waals surface area (Å²) in [4.78, 5) is 24.2. The molecule has 1 amide bonds. The molecule has 1 heterocycles. The molecule has 0 aliphatic carbocycles. The van der Waals surface area contributed by atoms with Crippen LogP contribution in [0.25, 0.3) is 10.1 Å². The normalized spacial score (nSPS) is 11.7. The number of thiophene rings is 1. The Bertz CT molecular complexity index is 777. The number of carboxylic acids is 1. The van der Waals surface area contributed by atoms with Gasteiger partial charge in [-0.3, -0.25) is 4.79 Å². The van der Waals surface area contributed by atoms with Crippen molar-refractivity contribution in [1.82, 2.24) is 5.01 Å². The largest absolute Gasteiger partial charge is 0.477 e. The summed E-state index contributed by atoms with van der Waals surface area (Å²) in [5.74, 6) is -1.36. The molecule has 0 aliphatic rings. The summed E-state index contributed by atoms with van der Waals surface area (Å²) in [6.07, 6.45) is 0.211. The highest BCUT2D eigenvalue weighted by Gasteiger charge is 2.16. The van der Waals surface area contributed by atoms with Gasteiger partial charge in [-0.25, -0.2) is 9.80 Å². The number of rotatable bonds is 4. The number of fused-ring (bicyclic) bond motifs is 1. The molecule has 0 bridgehead atoms. The third-order valence-electron chi connectivity index (χ3n) is 3.45. The number of nitrogens with zero attached hydrogens (tertiary/aromatic N) is 2. The van der Waals surface area contributed by atoms with Crippen molar-refractivity contribution >= 4 is 39.0 Å². The number of carbonyl (C=O) groups excluding carboxylic acids is 1. The van der Waals surface area contributed by atoms with Gasteiger partial charge in [0.1, 0.15) is 5.71 Å². The number of hydrogen-bond donors (Lipinski definition) is 1. The van der Waals surface area contributed by atoms with Gasteiger partial charge in [-0.05, 0) is 37.8 Å². The molecule has 0 atom stereocenters. The number of carbonyl (C=O) groups is 2. The van der Waals surface area contributed by atoms with E-state index in [1.54, 1.807) is 11.3 Å². The molecular formula is C16H18N2O3S. The van der Waals surface area contributed by atoms with Crippen LogP contribution >= 0.6 is 11.3 Å². The molecule has 0 unspecified atom stereocenters. The first-order valence-electron chi connectivity index (χ1n) is 6.83. The molecule has 0 spiro atoms. The Morgan fingerprint density at radius 1 is 1.32 bits per heavy atom. The molecule has 0 aliphatic heterocycles. The molecular weight excluding hydrogens is 300 g/mol. The van der Waals surface area contributed by atoms with Crippen LogP contribution < -0.4 is 0 Å². The van der Waals surface area contributed by atoms with Crippen LogP contribution in [0.5, 0.6) is 0 Å². The van der Waals surface area contributed by atoms with E-state index >= 15 is 0 Å². The standard InChI is InChI=1S/C16H18N2O3S/c1-9-5-6-14-13(7-9)12(11(3)22-14)8-15(19)18(4)17-10(2)16(20)21/h5-7H,8H2,1-4H3,(H,20,21). The van der Waals surface area contributed by atoms with Gasteiger partial charge in [-0.1, -0.05) is 17.7 Å². The van der Waals surface area contributed by atoms with Crippen molar-refractivity contribution in [3.05, 3.63) is 34.2 Å². The summed E-state index contributed by atoms with van der Waals surface area (Å²) in [7, 11) is 1.48.